The Morgan fingerprint density at radius 3 is 2.52 bits per heavy atom. The summed E-state index contributed by atoms with van der Waals surface area (Å²) in [4.78, 5) is 48.7. The summed E-state index contributed by atoms with van der Waals surface area (Å²) in [6.45, 7) is 2.51. The van der Waals surface area contributed by atoms with E-state index in [1.807, 2.05) is 6.92 Å². The number of nitrogens with zero attached hydrogens (tertiary/aromatic N) is 2. The molecule has 2 fully saturated rings. The lowest BCUT2D eigenvalue weighted by atomic mass is 10.4. The van der Waals surface area contributed by atoms with Crippen molar-refractivity contribution in [3.63, 3.8) is 0 Å². The van der Waals surface area contributed by atoms with Crippen molar-refractivity contribution in [2.75, 3.05) is 26.3 Å². The number of nitrogens with one attached hydrogen (secondary N) is 1. The van der Waals surface area contributed by atoms with Gasteiger partial charge in [0.25, 0.3) is 0 Å². The van der Waals surface area contributed by atoms with Crippen molar-refractivity contribution < 1.29 is 23.9 Å². The molecule has 0 aromatic rings. The molecule has 5 amide bonds. The summed E-state index contributed by atoms with van der Waals surface area (Å²) in [7, 11) is 0. The van der Waals surface area contributed by atoms with E-state index >= 15 is 0 Å². The largest absolute Gasteiger partial charge is 0.382 e. The first kappa shape index (κ1) is 15.4. The summed E-state index contributed by atoms with van der Waals surface area (Å²) in [5.41, 5.74) is 0. The molecule has 0 spiro atoms. The maximum Gasteiger partial charge on any atom is 0.334 e. The zero-order chi connectivity index (χ0) is 15.4. The van der Waals surface area contributed by atoms with Crippen LogP contribution in [0.25, 0.3) is 0 Å². The first-order valence-electron chi connectivity index (χ1n) is 7.09. The second kappa shape index (κ2) is 6.66. The fraction of sp³-hybridized carbons (Fsp3) is 0.692. The van der Waals surface area contributed by atoms with Crippen LogP contribution in [0, 0.1) is 0 Å². The lowest BCUT2D eigenvalue weighted by Crippen LogP contribution is -2.42. The molecule has 0 aromatic carbocycles. The van der Waals surface area contributed by atoms with Gasteiger partial charge >= 0.3 is 17.8 Å². The molecule has 8 heteroatoms. The topological polar surface area (TPSA) is 96.0 Å². The molecule has 116 valence electrons. The molecule has 21 heavy (non-hydrogen) atoms. The van der Waals surface area contributed by atoms with Crippen molar-refractivity contribution in [3.8, 4) is 0 Å². The van der Waals surface area contributed by atoms with E-state index in [1.165, 1.54) is 0 Å². The minimum Gasteiger partial charge on any atom is -0.382 e. The van der Waals surface area contributed by atoms with E-state index in [1.54, 1.807) is 0 Å². The van der Waals surface area contributed by atoms with Gasteiger partial charge in [-0.3, -0.25) is 19.3 Å². The van der Waals surface area contributed by atoms with Gasteiger partial charge in [-0.25, -0.2) is 9.69 Å². The molecule has 1 heterocycles. The number of rotatable bonds is 8. The van der Waals surface area contributed by atoms with E-state index in [2.05, 4.69) is 5.32 Å². The van der Waals surface area contributed by atoms with Gasteiger partial charge in [-0.05, 0) is 26.2 Å². The van der Waals surface area contributed by atoms with Gasteiger partial charge < -0.3 is 10.1 Å². The number of urea groups is 1. The van der Waals surface area contributed by atoms with Gasteiger partial charge in [0, 0.05) is 25.8 Å². The highest BCUT2D eigenvalue weighted by atomic mass is 16.5. The van der Waals surface area contributed by atoms with Gasteiger partial charge in [0.15, 0.2) is 0 Å². The number of amides is 5. The molecule has 1 aliphatic carbocycles. The molecule has 0 atom stereocenters. The van der Waals surface area contributed by atoms with Crippen LogP contribution in [0.3, 0.4) is 0 Å². The Kier molecular flexibility index (Phi) is 4.89. The number of carbonyl (C=O) groups excluding carboxylic acids is 4. The fourth-order valence-corrected chi connectivity index (χ4v) is 2.00. The Morgan fingerprint density at radius 1 is 1.24 bits per heavy atom. The van der Waals surface area contributed by atoms with Crippen LogP contribution >= 0.6 is 0 Å². The van der Waals surface area contributed by atoms with Gasteiger partial charge in [-0.1, -0.05) is 0 Å². The van der Waals surface area contributed by atoms with E-state index in [-0.39, 0.29) is 12.6 Å². The molecule has 0 unspecified atom stereocenters. The quantitative estimate of drug-likeness (QED) is 0.369. The molecule has 1 saturated carbocycles. The van der Waals surface area contributed by atoms with Crippen molar-refractivity contribution in [1.82, 2.24) is 15.1 Å². The van der Waals surface area contributed by atoms with Crippen LogP contribution in [0.4, 0.5) is 4.79 Å². The number of hydrogen-bond donors (Lipinski definition) is 1. The summed E-state index contributed by atoms with van der Waals surface area (Å²) in [6, 6.07) is -0.587. The van der Waals surface area contributed by atoms with Gasteiger partial charge in [-0.15, -0.1) is 0 Å². The third-order valence-electron chi connectivity index (χ3n) is 3.25. The maximum atomic E-state index is 12.0. The number of carbonyl (C=O) groups is 4. The molecule has 2 rings (SSSR count). The Labute approximate surface area is 122 Å². The SMILES string of the molecule is CCOCCCN1C(=O)C(=O)N(CC(=O)NC2CC2)C1=O. The van der Waals surface area contributed by atoms with Crippen LogP contribution in [0.15, 0.2) is 0 Å². The first-order valence-corrected chi connectivity index (χ1v) is 7.09. The first-order chi connectivity index (χ1) is 10.0. The van der Waals surface area contributed by atoms with E-state index in [0.717, 1.165) is 17.7 Å². The van der Waals surface area contributed by atoms with Crippen LogP contribution in [-0.4, -0.2) is 65.9 Å². The van der Waals surface area contributed by atoms with Gasteiger partial charge in [0.1, 0.15) is 6.54 Å². The summed E-state index contributed by atoms with van der Waals surface area (Å²) >= 11 is 0. The second-order valence-corrected chi connectivity index (χ2v) is 5.02. The smallest absolute Gasteiger partial charge is 0.334 e. The van der Waals surface area contributed by atoms with E-state index in [0.29, 0.717) is 24.5 Å². The average molecular weight is 297 g/mol. The standard InChI is InChI=1S/C13H19N3O5/c1-2-21-7-3-6-15-11(18)12(19)16(13(15)20)8-10(17)14-9-4-5-9/h9H,2-8H2,1H3,(H,14,17). The normalized spacial score (nSPS) is 18.6. The zero-order valence-electron chi connectivity index (χ0n) is 12.0. The third kappa shape index (κ3) is 3.78. The Bertz CT molecular complexity index is 461. The summed E-state index contributed by atoms with van der Waals surface area (Å²) in [5.74, 6) is -2.23. The molecular weight excluding hydrogens is 278 g/mol. The van der Waals surface area contributed by atoms with E-state index < -0.39 is 30.3 Å². The lowest BCUT2D eigenvalue weighted by Gasteiger charge is -2.15. The van der Waals surface area contributed by atoms with Gasteiger partial charge in [0.2, 0.25) is 5.91 Å². The molecule has 2 aliphatic rings. The highest BCUT2D eigenvalue weighted by Crippen LogP contribution is 2.19. The molecule has 1 N–H and O–H groups in total. The molecule has 1 saturated heterocycles. The number of imide groups is 2. The third-order valence-corrected chi connectivity index (χ3v) is 3.25. The number of ether oxygens (including phenoxy) is 1. The molecule has 8 nitrogen and oxygen atoms in total. The van der Waals surface area contributed by atoms with Crippen LogP contribution in [-0.2, 0) is 19.1 Å². The van der Waals surface area contributed by atoms with Crippen molar-refractivity contribution in [2.45, 2.75) is 32.2 Å². The van der Waals surface area contributed by atoms with Crippen LogP contribution in [0.1, 0.15) is 26.2 Å². The zero-order valence-corrected chi connectivity index (χ0v) is 12.0. The minimum absolute atomic E-state index is 0.115. The maximum absolute atomic E-state index is 12.0. The van der Waals surface area contributed by atoms with Crippen molar-refractivity contribution >= 4 is 23.8 Å². The molecule has 0 radical (unpaired) electrons. The van der Waals surface area contributed by atoms with E-state index in [9.17, 15) is 19.2 Å². The molecular formula is C13H19N3O5. The highest BCUT2D eigenvalue weighted by Gasteiger charge is 2.45. The molecule has 0 aromatic heterocycles. The second-order valence-electron chi connectivity index (χ2n) is 5.02. The van der Waals surface area contributed by atoms with Crippen molar-refractivity contribution in [1.29, 1.82) is 0 Å². The van der Waals surface area contributed by atoms with Gasteiger partial charge in [0.05, 0.1) is 0 Å². The number of hydrogen-bond acceptors (Lipinski definition) is 5. The molecule has 1 aliphatic heterocycles. The van der Waals surface area contributed by atoms with Crippen LogP contribution in [0.2, 0.25) is 0 Å². The highest BCUT2D eigenvalue weighted by molar-refractivity contribution is 6.45. The van der Waals surface area contributed by atoms with Crippen molar-refractivity contribution in [3.05, 3.63) is 0 Å². The van der Waals surface area contributed by atoms with Crippen molar-refractivity contribution in [2.24, 2.45) is 0 Å². The van der Waals surface area contributed by atoms with E-state index in [4.69, 9.17) is 4.74 Å². The Hall–Kier alpha value is -1.96. The summed E-state index contributed by atoms with van der Waals surface area (Å²) in [5, 5.41) is 2.68. The Balaban J connectivity index is 1.87. The van der Waals surface area contributed by atoms with Gasteiger partial charge in [-0.2, -0.15) is 0 Å². The Morgan fingerprint density at radius 2 is 1.90 bits per heavy atom. The summed E-state index contributed by atoms with van der Waals surface area (Å²) in [6.07, 6.45) is 2.28. The average Bonchev–Trinajstić information content (AvgIpc) is 3.23. The fourth-order valence-electron chi connectivity index (χ4n) is 2.00. The van der Waals surface area contributed by atoms with Crippen LogP contribution in [0.5, 0.6) is 0 Å². The molecule has 0 bridgehead atoms. The predicted octanol–water partition coefficient (Wildman–Crippen LogP) is -0.518. The summed E-state index contributed by atoms with van der Waals surface area (Å²) < 4.78 is 5.12. The lowest BCUT2D eigenvalue weighted by molar-refractivity contribution is -0.144. The minimum atomic E-state index is -0.942. The van der Waals surface area contributed by atoms with Crippen LogP contribution < -0.4 is 5.32 Å². The monoisotopic (exact) mass is 297 g/mol. The predicted molar refractivity (Wildman–Crippen MR) is 71.1 cm³/mol.